The van der Waals surface area contributed by atoms with Crippen molar-refractivity contribution in [3.8, 4) is 0 Å². The van der Waals surface area contributed by atoms with Crippen LogP contribution in [-0.4, -0.2) is 30.3 Å². The second-order valence-electron chi connectivity index (χ2n) is 4.51. The van der Waals surface area contributed by atoms with Crippen LogP contribution in [0.1, 0.15) is 35.5 Å². The standard InChI is InChI=1S/C11H17N3O3/c1-16-6-8-5-9(14-17-8)10(15)13-7-11(12)3-2-4-11/h5H,2-4,6-7,12H2,1H3,(H,13,15). The van der Waals surface area contributed by atoms with E-state index in [0.717, 1.165) is 19.3 Å². The Kier molecular flexibility index (Phi) is 3.44. The van der Waals surface area contributed by atoms with Crippen LogP contribution in [0.5, 0.6) is 0 Å². The molecule has 1 amide bonds. The van der Waals surface area contributed by atoms with Crippen LogP contribution in [-0.2, 0) is 11.3 Å². The van der Waals surface area contributed by atoms with Gasteiger partial charge in [0.25, 0.3) is 5.91 Å². The zero-order chi connectivity index (χ0) is 12.3. The number of carbonyl (C=O) groups is 1. The molecule has 1 fully saturated rings. The molecule has 6 nitrogen and oxygen atoms in total. The van der Waals surface area contributed by atoms with E-state index in [0.29, 0.717) is 18.9 Å². The van der Waals surface area contributed by atoms with E-state index in [9.17, 15) is 4.79 Å². The van der Waals surface area contributed by atoms with Gasteiger partial charge >= 0.3 is 0 Å². The summed E-state index contributed by atoms with van der Waals surface area (Å²) in [6.07, 6.45) is 3.05. The van der Waals surface area contributed by atoms with Gasteiger partial charge in [-0.3, -0.25) is 4.79 Å². The monoisotopic (exact) mass is 239 g/mol. The van der Waals surface area contributed by atoms with Gasteiger partial charge in [0.2, 0.25) is 0 Å². The molecule has 0 bridgehead atoms. The summed E-state index contributed by atoms with van der Waals surface area (Å²) < 4.78 is 9.81. The Balaban J connectivity index is 1.85. The van der Waals surface area contributed by atoms with Gasteiger partial charge in [0, 0.05) is 25.3 Å². The highest BCUT2D eigenvalue weighted by molar-refractivity contribution is 5.92. The van der Waals surface area contributed by atoms with Gasteiger partial charge in [0.05, 0.1) is 0 Å². The molecular weight excluding hydrogens is 222 g/mol. The first-order chi connectivity index (χ1) is 8.13. The molecule has 1 aromatic rings. The maximum Gasteiger partial charge on any atom is 0.273 e. The largest absolute Gasteiger partial charge is 0.377 e. The Bertz CT molecular complexity index is 398. The van der Waals surface area contributed by atoms with E-state index in [4.69, 9.17) is 15.0 Å². The predicted molar refractivity (Wildman–Crippen MR) is 60.3 cm³/mol. The minimum absolute atomic E-state index is 0.227. The molecule has 0 saturated heterocycles. The highest BCUT2D eigenvalue weighted by atomic mass is 16.5. The number of hydrogen-bond donors (Lipinski definition) is 2. The number of rotatable bonds is 5. The molecule has 0 radical (unpaired) electrons. The van der Waals surface area contributed by atoms with Gasteiger partial charge in [-0.25, -0.2) is 0 Å². The molecule has 1 aromatic heterocycles. The quantitative estimate of drug-likeness (QED) is 0.777. The molecule has 3 N–H and O–H groups in total. The van der Waals surface area contributed by atoms with Crippen LogP contribution >= 0.6 is 0 Å². The number of amides is 1. The summed E-state index contributed by atoms with van der Waals surface area (Å²) in [7, 11) is 1.55. The lowest BCUT2D eigenvalue weighted by Crippen LogP contribution is -2.54. The topological polar surface area (TPSA) is 90.4 Å². The predicted octanol–water partition coefficient (Wildman–Crippen LogP) is 0.432. The molecule has 1 aliphatic carbocycles. The summed E-state index contributed by atoms with van der Waals surface area (Å²) in [6.45, 7) is 0.791. The van der Waals surface area contributed by atoms with E-state index < -0.39 is 0 Å². The van der Waals surface area contributed by atoms with Crippen molar-refractivity contribution in [1.29, 1.82) is 0 Å². The molecule has 1 heterocycles. The zero-order valence-electron chi connectivity index (χ0n) is 9.86. The van der Waals surface area contributed by atoms with Gasteiger partial charge in [0.1, 0.15) is 6.61 Å². The number of methoxy groups -OCH3 is 1. The zero-order valence-corrected chi connectivity index (χ0v) is 9.86. The summed E-state index contributed by atoms with van der Waals surface area (Å²) in [5.74, 6) is 0.275. The van der Waals surface area contributed by atoms with Gasteiger partial charge in [-0.05, 0) is 19.3 Å². The smallest absolute Gasteiger partial charge is 0.273 e. The molecule has 0 unspecified atom stereocenters. The van der Waals surface area contributed by atoms with Crippen LogP contribution in [0.3, 0.4) is 0 Å². The summed E-state index contributed by atoms with van der Waals surface area (Å²) in [5.41, 5.74) is 6.04. The van der Waals surface area contributed by atoms with Crippen molar-refractivity contribution < 1.29 is 14.1 Å². The summed E-state index contributed by atoms with van der Waals surface area (Å²) in [5, 5.41) is 6.44. The molecule has 0 atom stereocenters. The van der Waals surface area contributed by atoms with Gasteiger partial charge in [-0.1, -0.05) is 5.16 Å². The Hall–Kier alpha value is -1.40. The van der Waals surface area contributed by atoms with Crippen molar-refractivity contribution in [2.24, 2.45) is 5.73 Å². The third-order valence-corrected chi connectivity index (χ3v) is 3.03. The molecule has 17 heavy (non-hydrogen) atoms. The molecule has 0 aliphatic heterocycles. The normalized spacial score (nSPS) is 17.5. The average molecular weight is 239 g/mol. The van der Waals surface area contributed by atoms with Crippen LogP contribution in [0.15, 0.2) is 10.6 Å². The van der Waals surface area contributed by atoms with Gasteiger partial charge in [-0.15, -0.1) is 0 Å². The Morgan fingerprint density at radius 3 is 3.06 bits per heavy atom. The summed E-state index contributed by atoms with van der Waals surface area (Å²) >= 11 is 0. The summed E-state index contributed by atoms with van der Waals surface area (Å²) in [4.78, 5) is 11.7. The molecule has 0 spiro atoms. The van der Waals surface area contributed by atoms with Gasteiger partial charge in [-0.2, -0.15) is 0 Å². The van der Waals surface area contributed by atoms with Gasteiger partial charge in [0.15, 0.2) is 11.5 Å². The maximum atomic E-state index is 11.7. The number of ether oxygens (including phenoxy) is 1. The van der Waals surface area contributed by atoms with E-state index in [1.807, 2.05) is 0 Å². The van der Waals surface area contributed by atoms with Crippen molar-refractivity contribution in [3.05, 3.63) is 17.5 Å². The first-order valence-corrected chi connectivity index (χ1v) is 5.65. The molecule has 1 aliphatic rings. The number of nitrogens with zero attached hydrogens (tertiary/aromatic N) is 1. The Morgan fingerprint density at radius 2 is 2.47 bits per heavy atom. The van der Waals surface area contributed by atoms with Crippen LogP contribution in [0.25, 0.3) is 0 Å². The maximum absolute atomic E-state index is 11.7. The highest BCUT2D eigenvalue weighted by Gasteiger charge is 2.32. The third kappa shape index (κ3) is 2.83. The number of aromatic nitrogens is 1. The van der Waals surface area contributed by atoms with Crippen molar-refractivity contribution >= 4 is 5.91 Å². The second kappa shape index (κ2) is 4.85. The molecular formula is C11H17N3O3. The molecule has 1 saturated carbocycles. The minimum Gasteiger partial charge on any atom is -0.377 e. The fourth-order valence-electron chi connectivity index (χ4n) is 1.78. The Morgan fingerprint density at radius 1 is 1.71 bits per heavy atom. The number of nitrogens with one attached hydrogen (secondary N) is 1. The first kappa shape index (κ1) is 12.1. The fourth-order valence-corrected chi connectivity index (χ4v) is 1.78. The van der Waals surface area contributed by atoms with Crippen molar-refractivity contribution in [2.45, 2.75) is 31.4 Å². The lowest BCUT2D eigenvalue weighted by Gasteiger charge is -2.37. The fraction of sp³-hybridized carbons (Fsp3) is 0.636. The van der Waals surface area contributed by atoms with Crippen molar-refractivity contribution in [1.82, 2.24) is 10.5 Å². The van der Waals surface area contributed by atoms with Crippen molar-refractivity contribution in [2.75, 3.05) is 13.7 Å². The van der Waals surface area contributed by atoms with Gasteiger partial charge < -0.3 is 20.3 Å². The second-order valence-corrected chi connectivity index (χ2v) is 4.51. The van der Waals surface area contributed by atoms with E-state index in [-0.39, 0.29) is 17.1 Å². The summed E-state index contributed by atoms with van der Waals surface area (Å²) in [6, 6.07) is 1.57. The van der Waals surface area contributed by atoms with E-state index in [1.54, 1.807) is 13.2 Å². The van der Waals surface area contributed by atoms with E-state index in [2.05, 4.69) is 10.5 Å². The SMILES string of the molecule is COCc1cc(C(=O)NCC2(N)CCC2)no1. The first-order valence-electron chi connectivity index (χ1n) is 5.65. The average Bonchev–Trinajstić information content (AvgIpc) is 2.72. The van der Waals surface area contributed by atoms with Crippen LogP contribution in [0.4, 0.5) is 0 Å². The van der Waals surface area contributed by atoms with Crippen LogP contribution < -0.4 is 11.1 Å². The Labute approximate surface area is 99.5 Å². The number of carbonyl (C=O) groups excluding carboxylic acids is 1. The third-order valence-electron chi connectivity index (χ3n) is 3.03. The highest BCUT2D eigenvalue weighted by Crippen LogP contribution is 2.28. The molecule has 0 aromatic carbocycles. The minimum atomic E-state index is -0.257. The molecule has 2 rings (SSSR count). The van der Waals surface area contributed by atoms with E-state index >= 15 is 0 Å². The molecule has 94 valence electrons. The van der Waals surface area contributed by atoms with E-state index in [1.165, 1.54) is 0 Å². The van der Waals surface area contributed by atoms with Crippen molar-refractivity contribution in [3.63, 3.8) is 0 Å². The molecule has 6 heteroatoms. The van der Waals surface area contributed by atoms with Crippen LogP contribution in [0.2, 0.25) is 0 Å². The lowest BCUT2D eigenvalue weighted by atomic mass is 9.78. The number of hydrogen-bond acceptors (Lipinski definition) is 5. The lowest BCUT2D eigenvalue weighted by molar-refractivity contribution is 0.0920. The number of nitrogens with two attached hydrogens (primary N) is 1. The van der Waals surface area contributed by atoms with Crippen LogP contribution in [0, 0.1) is 0 Å².